The summed E-state index contributed by atoms with van der Waals surface area (Å²) in [6.45, 7) is 0.653. The summed E-state index contributed by atoms with van der Waals surface area (Å²) < 4.78 is 10.9. The minimum absolute atomic E-state index is 0.119. The molecular weight excluding hydrogens is 268 g/mol. The standard InChI is InChI=1S/C16H16N2O3/c19-16(14-7-4-10-20-14)18-12-8-9-15(17-11-12)21-13-5-2-1-3-6-13/h1-3,5-6,8-9,11,14H,4,7,10H2,(H,18,19). The largest absolute Gasteiger partial charge is 0.439 e. The third-order valence-corrected chi connectivity index (χ3v) is 3.19. The van der Waals surface area contributed by atoms with E-state index < -0.39 is 0 Å². The third-order valence-electron chi connectivity index (χ3n) is 3.19. The Kier molecular flexibility index (Phi) is 4.12. The van der Waals surface area contributed by atoms with E-state index in [0.717, 1.165) is 18.6 Å². The Morgan fingerprint density at radius 3 is 2.76 bits per heavy atom. The Morgan fingerprint density at radius 1 is 1.24 bits per heavy atom. The highest BCUT2D eigenvalue weighted by atomic mass is 16.5. The lowest BCUT2D eigenvalue weighted by atomic mass is 10.2. The predicted molar refractivity (Wildman–Crippen MR) is 78.4 cm³/mol. The second-order valence-corrected chi connectivity index (χ2v) is 4.79. The molecule has 1 amide bonds. The molecule has 0 spiro atoms. The normalized spacial score (nSPS) is 17.4. The van der Waals surface area contributed by atoms with E-state index in [1.807, 2.05) is 30.3 Å². The topological polar surface area (TPSA) is 60.5 Å². The molecule has 5 nitrogen and oxygen atoms in total. The minimum Gasteiger partial charge on any atom is -0.439 e. The maximum atomic E-state index is 11.9. The molecule has 108 valence electrons. The van der Waals surface area contributed by atoms with Gasteiger partial charge in [-0.1, -0.05) is 18.2 Å². The van der Waals surface area contributed by atoms with Crippen molar-refractivity contribution in [1.29, 1.82) is 0 Å². The van der Waals surface area contributed by atoms with Gasteiger partial charge in [0.25, 0.3) is 5.91 Å². The first-order chi connectivity index (χ1) is 10.3. The SMILES string of the molecule is O=C(Nc1ccc(Oc2ccccc2)nc1)C1CCCO1. The summed E-state index contributed by atoms with van der Waals surface area (Å²) in [4.78, 5) is 16.1. The molecule has 0 saturated carbocycles. The van der Waals surface area contributed by atoms with Gasteiger partial charge in [0, 0.05) is 12.7 Å². The van der Waals surface area contributed by atoms with E-state index in [0.29, 0.717) is 18.2 Å². The van der Waals surface area contributed by atoms with E-state index in [4.69, 9.17) is 9.47 Å². The van der Waals surface area contributed by atoms with Crippen LogP contribution in [0.25, 0.3) is 0 Å². The zero-order valence-corrected chi connectivity index (χ0v) is 11.5. The molecule has 0 radical (unpaired) electrons. The summed E-state index contributed by atoms with van der Waals surface area (Å²) in [6, 6.07) is 12.9. The van der Waals surface area contributed by atoms with Gasteiger partial charge in [-0.25, -0.2) is 4.98 Å². The van der Waals surface area contributed by atoms with Crippen molar-refractivity contribution >= 4 is 11.6 Å². The van der Waals surface area contributed by atoms with Gasteiger partial charge < -0.3 is 14.8 Å². The number of benzene rings is 1. The van der Waals surface area contributed by atoms with E-state index in [1.54, 1.807) is 18.3 Å². The maximum Gasteiger partial charge on any atom is 0.253 e. The lowest BCUT2D eigenvalue weighted by Gasteiger charge is -2.10. The van der Waals surface area contributed by atoms with Gasteiger partial charge in [-0.2, -0.15) is 0 Å². The molecule has 0 bridgehead atoms. The van der Waals surface area contributed by atoms with E-state index in [9.17, 15) is 4.79 Å². The summed E-state index contributed by atoms with van der Waals surface area (Å²) in [5, 5.41) is 2.79. The highest BCUT2D eigenvalue weighted by Crippen LogP contribution is 2.20. The van der Waals surface area contributed by atoms with Crippen LogP contribution in [0.2, 0.25) is 0 Å². The van der Waals surface area contributed by atoms with Crippen molar-refractivity contribution in [2.75, 3.05) is 11.9 Å². The van der Waals surface area contributed by atoms with Crippen LogP contribution < -0.4 is 10.1 Å². The van der Waals surface area contributed by atoms with Crippen molar-refractivity contribution in [3.63, 3.8) is 0 Å². The second kappa shape index (κ2) is 6.37. The summed E-state index contributed by atoms with van der Waals surface area (Å²) in [7, 11) is 0. The number of carbonyl (C=O) groups excluding carboxylic acids is 1. The molecule has 2 aromatic rings. The van der Waals surface area contributed by atoms with Gasteiger partial charge in [0.1, 0.15) is 11.9 Å². The Morgan fingerprint density at radius 2 is 2.10 bits per heavy atom. The molecular formula is C16H16N2O3. The van der Waals surface area contributed by atoms with Crippen molar-refractivity contribution in [2.24, 2.45) is 0 Å². The number of amides is 1. The molecule has 1 unspecified atom stereocenters. The van der Waals surface area contributed by atoms with E-state index in [1.165, 1.54) is 0 Å². The highest BCUT2D eigenvalue weighted by Gasteiger charge is 2.23. The lowest BCUT2D eigenvalue weighted by Crippen LogP contribution is -2.26. The Balaban J connectivity index is 1.60. The number of anilines is 1. The van der Waals surface area contributed by atoms with Crippen molar-refractivity contribution in [1.82, 2.24) is 4.98 Å². The molecule has 1 aromatic heterocycles. The molecule has 3 rings (SSSR count). The van der Waals surface area contributed by atoms with Gasteiger partial charge in [-0.3, -0.25) is 4.79 Å². The van der Waals surface area contributed by atoms with Gasteiger partial charge in [0.15, 0.2) is 0 Å². The summed E-state index contributed by atoms with van der Waals surface area (Å²) >= 11 is 0. The molecule has 1 fully saturated rings. The first kappa shape index (κ1) is 13.6. The minimum atomic E-state index is -0.342. The van der Waals surface area contributed by atoms with Crippen LogP contribution in [0.1, 0.15) is 12.8 Å². The van der Waals surface area contributed by atoms with Gasteiger partial charge in [0.05, 0.1) is 11.9 Å². The summed E-state index contributed by atoms with van der Waals surface area (Å²) in [5.41, 5.74) is 0.635. The highest BCUT2D eigenvalue weighted by molar-refractivity contribution is 5.94. The van der Waals surface area contributed by atoms with Crippen LogP contribution in [0.5, 0.6) is 11.6 Å². The average molecular weight is 284 g/mol. The molecule has 21 heavy (non-hydrogen) atoms. The summed E-state index contributed by atoms with van der Waals surface area (Å²) in [6.07, 6.45) is 2.94. The quantitative estimate of drug-likeness (QED) is 0.937. The van der Waals surface area contributed by atoms with E-state index in [-0.39, 0.29) is 12.0 Å². The molecule has 1 saturated heterocycles. The van der Waals surface area contributed by atoms with Crippen LogP contribution in [-0.2, 0) is 9.53 Å². The monoisotopic (exact) mass is 284 g/mol. The predicted octanol–water partition coefficient (Wildman–Crippen LogP) is 2.99. The zero-order valence-electron chi connectivity index (χ0n) is 11.5. The molecule has 5 heteroatoms. The zero-order chi connectivity index (χ0) is 14.5. The fourth-order valence-electron chi connectivity index (χ4n) is 2.13. The number of pyridine rings is 1. The van der Waals surface area contributed by atoms with Crippen molar-refractivity contribution < 1.29 is 14.3 Å². The number of hydrogen-bond donors (Lipinski definition) is 1. The molecule has 1 aromatic carbocycles. The van der Waals surface area contributed by atoms with Crippen molar-refractivity contribution in [2.45, 2.75) is 18.9 Å². The van der Waals surface area contributed by atoms with Crippen LogP contribution in [0, 0.1) is 0 Å². The van der Waals surface area contributed by atoms with Gasteiger partial charge in [0.2, 0.25) is 5.88 Å². The molecule has 0 aliphatic carbocycles. The number of carbonyl (C=O) groups is 1. The van der Waals surface area contributed by atoms with E-state index >= 15 is 0 Å². The van der Waals surface area contributed by atoms with Gasteiger partial charge >= 0.3 is 0 Å². The number of nitrogens with one attached hydrogen (secondary N) is 1. The first-order valence-corrected chi connectivity index (χ1v) is 6.93. The maximum absolute atomic E-state index is 11.9. The number of nitrogens with zero attached hydrogens (tertiary/aromatic N) is 1. The van der Waals surface area contributed by atoms with Crippen molar-refractivity contribution in [3.05, 3.63) is 48.7 Å². The molecule has 1 aliphatic heterocycles. The number of hydrogen-bond acceptors (Lipinski definition) is 4. The fourth-order valence-corrected chi connectivity index (χ4v) is 2.13. The van der Waals surface area contributed by atoms with Gasteiger partial charge in [-0.15, -0.1) is 0 Å². The smallest absolute Gasteiger partial charge is 0.253 e. The van der Waals surface area contributed by atoms with Crippen molar-refractivity contribution in [3.8, 4) is 11.6 Å². The third kappa shape index (κ3) is 3.58. The van der Waals surface area contributed by atoms with Crippen LogP contribution in [0.4, 0.5) is 5.69 Å². The van der Waals surface area contributed by atoms with Crippen LogP contribution in [0.3, 0.4) is 0 Å². The number of rotatable bonds is 4. The summed E-state index contributed by atoms with van der Waals surface area (Å²) in [5.74, 6) is 1.09. The second-order valence-electron chi connectivity index (χ2n) is 4.79. The molecule has 1 aliphatic rings. The van der Waals surface area contributed by atoms with Crippen LogP contribution in [0.15, 0.2) is 48.7 Å². The first-order valence-electron chi connectivity index (χ1n) is 6.93. The van der Waals surface area contributed by atoms with E-state index in [2.05, 4.69) is 10.3 Å². The number of ether oxygens (including phenoxy) is 2. The Bertz CT molecular complexity index is 593. The fraction of sp³-hybridized carbons (Fsp3) is 0.250. The van der Waals surface area contributed by atoms with Crippen LogP contribution >= 0.6 is 0 Å². The number of para-hydroxylation sites is 1. The molecule has 1 atom stereocenters. The lowest BCUT2D eigenvalue weighted by molar-refractivity contribution is -0.124. The molecule has 1 N–H and O–H groups in total. The van der Waals surface area contributed by atoms with Gasteiger partial charge in [-0.05, 0) is 31.0 Å². The number of aromatic nitrogens is 1. The average Bonchev–Trinajstić information content (AvgIpc) is 3.05. The van der Waals surface area contributed by atoms with Crippen LogP contribution in [-0.4, -0.2) is 23.6 Å². The molecule has 2 heterocycles. The Labute approximate surface area is 122 Å². The Hall–Kier alpha value is -2.40.